The number of rotatable bonds is 1. The minimum Gasteiger partial charge on any atom is -0.458 e. The molecule has 0 spiro atoms. The lowest BCUT2D eigenvalue weighted by molar-refractivity contribution is -0.154. The summed E-state index contributed by atoms with van der Waals surface area (Å²) < 4.78 is 13.5. The van der Waals surface area contributed by atoms with Crippen molar-refractivity contribution in [3.05, 3.63) is 9.66 Å². The first-order valence-corrected chi connectivity index (χ1v) is 12.1. The molecule has 7 heteroatoms. The fourth-order valence-electron chi connectivity index (χ4n) is 4.36. The van der Waals surface area contributed by atoms with Crippen molar-refractivity contribution in [3.63, 3.8) is 0 Å². The molecule has 0 aromatic heterocycles. The number of esters is 1. The normalized spacial score (nSPS) is 41.7. The molecule has 0 aliphatic carbocycles. The van der Waals surface area contributed by atoms with E-state index in [0.717, 1.165) is 24.8 Å². The maximum atomic E-state index is 13.1. The second-order valence-electron chi connectivity index (χ2n) is 9.94. The molecule has 2 N–H and O–H groups in total. The van der Waals surface area contributed by atoms with Gasteiger partial charge in [-0.1, -0.05) is 56.7 Å². The predicted molar refractivity (Wildman–Crippen MR) is 123 cm³/mol. The third-order valence-corrected chi connectivity index (χ3v) is 8.07. The van der Waals surface area contributed by atoms with Crippen LogP contribution in [-0.2, 0) is 19.1 Å². The number of aliphatic hydroxyl groups is 2. The molecule has 172 valence electrons. The molecule has 2 saturated heterocycles. The van der Waals surface area contributed by atoms with E-state index in [0.29, 0.717) is 6.42 Å². The summed E-state index contributed by atoms with van der Waals surface area (Å²) in [7, 11) is 0. The summed E-state index contributed by atoms with van der Waals surface area (Å²) in [5.41, 5.74) is -0.489. The number of ketones is 1. The highest BCUT2D eigenvalue weighted by Crippen LogP contribution is 2.45. The number of epoxide rings is 1. The third-order valence-electron chi connectivity index (χ3n) is 7.09. The highest BCUT2D eigenvalue weighted by atomic mass is 127. The standard InChI is InChI=1S/C23H37IO6/c1-13-8-7-9-23(6)18(30-23)10-16(14(2)12-24)29-19(26)11-17(25)22(4,5)21(28)15(3)20(13)27/h12-13,15-18,20,25,27H,7-11H2,1-6H3/t13?,15?,16-,17?,18-,20-,23+/m0/s1. The SMILES string of the molecule is CC(=CI)[C@@H]1C[C@@H]2O[C@]2(C)CCCC(C)[C@H](O)C(C)C(=O)C(C)(C)C(O)CC(=O)O1. The van der Waals surface area contributed by atoms with Crippen molar-refractivity contribution in [3.8, 4) is 0 Å². The van der Waals surface area contributed by atoms with Crippen LogP contribution in [0.25, 0.3) is 0 Å². The Morgan fingerprint density at radius 3 is 2.43 bits per heavy atom. The van der Waals surface area contributed by atoms with Crippen LogP contribution in [0.5, 0.6) is 0 Å². The summed E-state index contributed by atoms with van der Waals surface area (Å²) in [6.07, 6.45) is 0.427. The van der Waals surface area contributed by atoms with E-state index in [4.69, 9.17) is 9.47 Å². The molecule has 7 atom stereocenters. The molecule has 6 nitrogen and oxygen atoms in total. The van der Waals surface area contributed by atoms with Gasteiger partial charge >= 0.3 is 5.97 Å². The topological polar surface area (TPSA) is 96.4 Å². The van der Waals surface area contributed by atoms with Crippen molar-refractivity contribution >= 4 is 34.3 Å². The summed E-state index contributed by atoms with van der Waals surface area (Å²) >= 11 is 2.13. The number of aliphatic hydroxyl groups excluding tert-OH is 2. The van der Waals surface area contributed by atoms with Gasteiger partial charge in [0.05, 0.1) is 35.7 Å². The van der Waals surface area contributed by atoms with E-state index in [1.54, 1.807) is 20.8 Å². The van der Waals surface area contributed by atoms with Crippen LogP contribution in [-0.4, -0.2) is 52.0 Å². The summed E-state index contributed by atoms with van der Waals surface area (Å²) in [4.78, 5) is 25.7. The first kappa shape index (κ1) is 25.7. The maximum absolute atomic E-state index is 13.1. The average molecular weight is 536 g/mol. The Hall–Kier alpha value is -0.510. The molecule has 2 aliphatic rings. The predicted octanol–water partition coefficient (Wildman–Crippen LogP) is 3.95. The average Bonchev–Trinajstić information content (AvgIpc) is 3.32. The Bertz CT molecular complexity index is 675. The molecule has 2 rings (SSSR count). The Balaban J connectivity index is 2.26. The van der Waals surface area contributed by atoms with Crippen molar-refractivity contribution in [2.24, 2.45) is 17.3 Å². The molecule has 0 saturated carbocycles. The summed E-state index contributed by atoms with van der Waals surface area (Å²) in [6, 6.07) is 0. The van der Waals surface area contributed by atoms with Gasteiger partial charge in [-0.15, -0.1) is 0 Å². The lowest BCUT2D eigenvalue weighted by Gasteiger charge is -2.34. The molecular weight excluding hydrogens is 499 g/mol. The summed E-state index contributed by atoms with van der Waals surface area (Å²) in [5.74, 6) is -1.47. The van der Waals surface area contributed by atoms with Gasteiger partial charge in [0, 0.05) is 12.3 Å². The third kappa shape index (κ3) is 5.84. The van der Waals surface area contributed by atoms with Crippen LogP contribution in [0.15, 0.2) is 9.66 Å². The highest BCUT2D eigenvalue weighted by Gasteiger charge is 2.53. The largest absolute Gasteiger partial charge is 0.458 e. The van der Waals surface area contributed by atoms with Gasteiger partial charge in [-0.25, -0.2) is 0 Å². The number of fused-ring (bicyclic) bond motifs is 1. The Kier molecular flexibility index (Phi) is 8.55. The van der Waals surface area contributed by atoms with Crippen LogP contribution < -0.4 is 0 Å². The zero-order valence-corrected chi connectivity index (χ0v) is 21.1. The molecule has 2 fully saturated rings. The van der Waals surface area contributed by atoms with Crippen molar-refractivity contribution in [1.29, 1.82) is 0 Å². The van der Waals surface area contributed by atoms with E-state index >= 15 is 0 Å². The van der Waals surface area contributed by atoms with Crippen LogP contribution in [0.4, 0.5) is 0 Å². The molecule has 0 radical (unpaired) electrons. The van der Waals surface area contributed by atoms with E-state index in [9.17, 15) is 19.8 Å². The Morgan fingerprint density at radius 2 is 1.83 bits per heavy atom. The van der Waals surface area contributed by atoms with Crippen molar-refractivity contribution in [2.45, 2.75) is 104 Å². The van der Waals surface area contributed by atoms with E-state index < -0.39 is 35.6 Å². The monoisotopic (exact) mass is 536 g/mol. The number of hydrogen-bond donors (Lipinski definition) is 2. The van der Waals surface area contributed by atoms with Gasteiger partial charge in [0.1, 0.15) is 11.9 Å². The van der Waals surface area contributed by atoms with Crippen molar-refractivity contribution < 1.29 is 29.3 Å². The summed E-state index contributed by atoms with van der Waals surface area (Å²) in [6.45, 7) is 10.9. The number of carbonyl (C=O) groups excluding carboxylic acids is 2. The van der Waals surface area contributed by atoms with Crippen LogP contribution in [0.3, 0.4) is 0 Å². The number of cyclic esters (lactones) is 1. The van der Waals surface area contributed by atoms with Gasteiger partial charge in [0.25, 0.3) is 0 Å². The minimum absolute atomic E-state index is 0.0107. The second kappa shape index (κ2) is 9.96. The van der Waals surface area contributed by atoms with Gasteiger partial charge in [-0.3, -0.25) is 9.59 Å². The molecule has 30 heavy (non-hydrogen) atoms. The first-order chi connectivity index (χ1) is 13.8. The molecule has 2 aliphatic heterocycles. The van der Waals surface area contributed by atoms with Gasteiger partial charge in [0.15, 0.2) is 0 Å². The first-order valence-electron chi connectivity index (χ1n) is 10.9. The van der Waals surface area contributed by atoms with Gasteiger partial charge in [0.2, 0.25) is 0 Å². The lowest BCUT2D eigenvalue weighted by atomic mass is 9.73. The van der Waals surface area contributed by atoms with Crippen molar-refractivity contribution in [2.75, 3.05) is 0 Å². The molecule has 0 bridgehead atoms. The molecule has 3 unspecified atom stereocenters. The number of Topliss-reactive ketones (excluding diaryl/α,β-unsaturated/α-hetero) is 1. The number of carbonyl (C=O) groups is 2. The fraction of sp³-hybridized carbons (Fsp3) is 0.826. The smallest absolute Gasteiger partial charge is 0.309 e. The number of ether oxygens (including phenoxy) is 2. The van der Waals surface area contributed by atoms with E-state index in [2.05, 4.69) is 29.5 Å². The maximum Gasteiger partial charge on any atom is 0.309 e. The fourth-order valence-corrected chi connectivity index (χ4v) is 4.77. The van der Waals surface area contributed by atoms with Gasteiger partial charge in [-0.2, -0.15) is 0 Å². The minimum atomic E-state index is -1.19. The quantitative estimate of drug-likeness (QED) is 0.300. The van der Waals surface area contributed by atoms with Crippen LogP contribution in [0, 0.1) is 17.3 Å². The molecular formula is C23H37IO6. The molecule has 0 aromatic carbocycles. The Morgan fingerprint density at radius 1 is 1.20 bits per heavy atom. The van der Waals surface area contributed by atoms with Crippen molar-refractivity contribution in [1.82, 2.24) is 0 Å². The van der Waals surface area contributed by atoms with Gasteiger partial charge < -0.3 is 19.7 Å². The zero-order valence-electron chi connectivity index (χ0n) is 19.0. The zero-order chi connectivity index (χ0) is 22.9. The van der Waals surface area contributed by atoms with Gasteiger partial charge in [-0.05, 0) is 42.3 Å². The van der Waals surface area contributed by atoms with Crippen LogP contribution >= 0.6 is 22.6 Å². The number of hydrogen-bond acceptors (Lipinski definition) is 6. The lowest BCUT2D eigenvalue weighted by Crippen LogP contribution is -2.45. The van der Waals surface area contributed by atoms with E-state index in [-0.39, 0.29) is 29.8 Å². The van der Waals surface area contributed by atoms with E-state index in [1.165, 1.54) is 0 Å². The molecule has 0 amide bonds. The second-order valence-corrected chi connectivity index (χ2v) is 10.6. The summed E-state index contributed by atoms with van der Waals surface area (Å²) in [5, 5.41) is 21.4. The van der Waals surface area contributed by atoms with E-state index in [1.807, 2.05) is 17.9 Å². The van der Waals surface area contributed by atoms with Crippen LogP contribution in [0.1, 0.15) is 73.6 Å². The molecule has 2 heterocycles. The Labute approximate surface area is 193 Å². The highest BCUT2D eigenvalue weighted by molar-refractivity contribution is 14.1. The number of halogens is 1. The molecule has 0 aromatic rings. The van der Waals surface area contributed by atoms with Crippen LogP contribution in [0.2, 0.25) is 0 Å².